The summed E-state index contributed by atoms with van der Waals surface area (Å²) in [6.45, 7) is 7.52. The molecular formula is C20H31N5O3. The Morgan fingerprint density at radius 1 is 1.04 bits per heavy atom. The van der Waals surface area contributed by atoms with E-state index in [-0.39, 0.29) is 23.7 Å². The van der Waals surface area contributed by atoms with Gasteiger partial charge in [0.2, 0.25) is 11.8 Å². The number of H-pyrrole nitrogens is 1. The molecule has 4 rings (SSSR count). The molecule has 8 nitrogen and oxygen atoms in total. The van der Waals surface area contributed by atoms with Crippen molar-refractivity contribution in [3.05, 3.63) is 17.5 Å². The molecule has 0 radical (unpaired) electrons. The van der Waals surface area contributed by atoms with Crippen LogP contribution < -0.4 is 5.32 Å². The molecule has 3 saturated heterocycles. The van der Waals surface area contributed by atoms with Crippen LogP contribution in [0.5, 0.6) is 0 Å². The summed E-state index contributed by atoms with van der Waals surface area (Å²) >= 11 is 0. The second-order valence-corrected chi connectivity index (χ2v) is 8.29. The topological polar surface area (TPSA) is 90.6 Å². The number of carbonyl (C=O) groups is 2. The van der Waals surface area contributed by atoms with Crippen molar-refractivity contribution >= 4 is 11.8 Å². The molecule has 1 aromatic rings. The van der Waals surface area contributed by atoms with Crippen molar-refractivity contribution in [3.8, 4) is 0 Å². The maximum atomic E-state index is 13.1. The number of nitrogens with zero attached hydrogens (tertiary/aromatic N) is 3. The van der Waals surface area contributed by atoms with Crippen molar-refractivity contribution in [1.29, 1.82) is 0 Å². The number of ether oxygens (including phenoxy) is 1. The van der Waals surface area contributed by atoms with Gasteiger partial charge in [-0.05, 0) is 31.7 Å². The second-order valence-electron chi connectivity index (χ2n) is 8.29. The fourth-order valence-corrected chi connectivity index (χ4v) is 4.78. The van der Waals surface area contributed by atoms with Crippen LogP contribution in [0.1, 0.15) is 36.4 Å². The molecule has 0 spiro atoms. The number of aromatic nitrogens is 2. The normalized spacial score (nSPS) is 27.0. The van der Waals surface area contributed by atoms with Gasteiger partial charge >= 0.3 is 0 Å². The van der Waals surface area contributed by atoms with Crippen molar-refractivity contribution < 1.29 is 14.3 Å². The molecule has 0 aliphatic carbocycles. The summed E-state index contributed by atoms with van der Waals surface area (Å²) in [5.41, 5.74) is 2.41. The average molecular weight is 390 g/mol. The Morgan fingerprint density at radius 3 is 2.21 bits per heavy atom. The first kappa shape index (κ1) is 19.4. The summed E-state index contributed by atoms with van der Waals surface area (Å²) in [5, 5.41) is 10.6. The zero-order valence-electron chi connectivity index (χ0n) is 16.7. The molecule has 28 heavy (non-hydrogen) atoms. The highest BCUT2D eigenvalue weighted by atomic mass is 16.5. The number of piperidine rings is 2. The summed E-state index contributed by atoms with van der Waals surface area (Å²) in [5.74, 6) is 0.611. The van der Waals surface area contributed by atoms with Crippen molar-refractivity contribution in [2.75, 3.05) is 52.5 Å². The smallest absolute Gasteiger partial charge is 0.227 e. The fraction of sp³-hybridized carbons (Fsp3) is 0.750. The van der Waals surface area contributed by atoms with E-state index in [4.69, 9.17) is 4.74 Å². The first-order valence-corrected chi connectivity index (χ1v) is 10.5. The Kier molecular flexibility index (Phi) is 5.96. The van der Waals surface area contributed by atoms with E-state index in [1.165, 1.54) is 11.3 Å². The number of carbonyl (C=O) groups excluding carboxylic acids is 2. The molecular weight excluding hydrogens is 358 g/mol. The fourth-order valence-electron chi connectivity index (χ4n) is 4.78. The monoisotopic (exact) mass is 389 g/mol. The van der Waals surface area contributed by atoms with Crippen LogP contribution in [-0.4, -0.2) is 84.3 Å². The van der Waals surface area contributed by atoms with Gasteiger partial charge in [-0.25, -0.2) is 0 Å². The predicted octanol–water partition coefficient (Wildman–Crippen LogP) is 0.509. The van der Waals surface area contributed by atoms with Crippen molar-refractivity contribution in [2.45, 2.75) is 32.1 Å². The van der Waals surface area contributed by atoms with Crippen LogP contribution in [0.3, 0.4) is 0 Å². The van der Waals surface area contributed by atoms with E-state index in [0.717, 1.165) is 25.9 Å². The third-order valence-electron chi connectivity index (χ3n) is 6.45. The first-order chi connectivity index (χ1) is 13.6. The maximum Gasteiger partial charge on any atom is 0.227 e. The van der Waals surface area contributed by atoms with Gasteiger partial charge in [0, 0.05) is 50.9 Å². The highest BCUT2D eigenvalue weighted by molar-refractivity contribution is 5.83. The Balaban J connectivity index is 1.31. The van der Waals surface area contributed by atoms with Crippen molar-refractivity contribution in [1.82, 2.24) is 25.3 Å². The van der Waals surface area contributed by atoms with E-state index in [9.17, 15) is 9.59 Å². The van der Waals surface area contributed by atoms with Gasteiger partial charge in [-0.1, -0.05) is 0 Å². The van der Waals surface area contributed by atoms with E-state index in [1.54, 1.807) is 0 Å². The highest BCUT2D eigenvalue weighted by Crippen LogP contribution is 2.30. The summed E-state index contributed by atoms with van der Waals surface area (Å²) < 4.78 is 5.34. The van der Waals surface area contributed by atoms with E-state index < -0.39 is 0 Å². The largest absolute Gasteiger partial charge is 0.378 e. The standard InChI is InChI=1S/C20H31N5O3/c1-14-11-22-23-18(14)15-2-4-24(5-3-15)19(26)16-10-17(13-21-12-16)20(27)25-6-8-28-9-7-25/h11,15-17,21H,2-10,12-13H2,1H3,(H,22,23)/t16-,17+/m0/s1. The Labute approximate surface area is 166 Å². The lowest BCUT2D eigenvalue weighted by Crippen LogP contribution is -2.52. The molecule has 0 unspecified atom stereocenters. The minimum absolute atomic E-state index is 0.103. The molecule has 0 saturated carbocycles. The molecule has 2 amide bonds. The van der Waals surface area contributed by atoms with E-state index in [2.05, 4.69) is 22.4 Å². The summed E-state index contributed by atoms with van der Waals surface area (Å²) in [6, 6.07) is 0. The van der Waals surface area contributed by atoms with Crippen LogP contribution in [0.15, 0.2) is 6.20 Å². The quantitative estimate of drug-likeness (QED) is 0.786. The Bertz CT molecular complexity index is 692. The first-order valence-electron chi connectivity index (χ1n) is 10.5. The number of hydrogen-bond acceptors (Lipinski definition) is 5. The predicted molar refractivity (Wildman–Crippen MR) is 104 cm³/mol. The van der Waals surface area contributed by atoms with Gasteiger partial charge in [0.1, 0.15) is 0 Å². The molecule has 3 fully saturated rings. The second kappa shape index (κ2) is 8.61. The van der Waals surface area contributed by atoms with E-state index in [1.807, 2.05) is 16.0 Å². The third kappa shape index (κ3) is 4.07. The third-order valence-corrected chi connectivity index (χ3v) is 6.45. The van der Waals surface area contributed by atoms with Crippen molar-refractivity contribution in [2.24, 2.45) is 11.8 Å². The summed E-state index contributed by atoms with van der Waals surface area (Å²) in [7, 11) is 0. The number of morpholine rings is 1. The number of amides is 2. The average Bonchev–Trinajstić information content (AvgIpc) is 3.19. The zero-order chi connectivity index (χ0) is 19.5. The van der Waals surface area contributed by atoms with E-state index in [0.29, 0.717) is 51.7 Å². The zero-order valence-corrected chi connectivity index (χ0v) is 16.7. The molecule has 3 aliphatic heterocycles. The highest BCUT2D eigenvalue weighted by Gasteiger charge is 2.36. The lowest BCUT2D eigenvalue weighted by atomic mass is 9.86. The minimum atomic E-state index is -0.106. The van der Waals surface area contributed by atoms with Gasteiger partial charge in [-0.2, -0.15) is 5.10 Å². The number of hydrogen-bond donors (Lipinski definition) is 2. The van der Waals surface area contributed by atoms with E-state index >= 15 is 0 Å². The number of aromatic amines is 1. The maximum absolute atomic E-state index is 13.1. The van der Waals surface area contributed by atoms with Crippen LogP contribution in [0.25, 0.3) is 0 Å². The number of nitrogens with one attached hydrogen (secondary N) is 2. The van der Waals surface area contributed by atoms with Gasteiger partial charge in [0.25, 0.3) is 0 Å². The van der Waals surface area contributed by atoms with Gasteiger partial charge in [0.05, 0.1) is 31.2 Å². The minimum Gasteiger partial charge on any atom is -0.378 e. The van der Waals surface area contributed by atoms with Crippen LogP contribution in [0.2, 0.25) is 0 Å². The molecule has 4 heterocycles. The molecule has 8 heteroatoms. The van der Waals surface area contributed by atoms with Crippen LogP contribution in [0.4, 0.5) is 0 Å². The lowest BCUT2D eigenvalue weighted by molar-refractivity contribution is -0.143. The Morgan fingerprint density at radius 2 is 1.64 bits per heavy atom. The molecule has 0 aromatic carbocycles. The van der Waals surface area contributed by atoms with Gasteiger partial charge < -0.3 is 19.9 Å². The molecule has 2 N–H and O–H groups in total. The van der Waals surface area contributed by atoms with Crippen molar-refractivity contribution in [3.63, 3.8) is 0 Å². The molecule has 0 bridgehead atoms. The molecule has 2 atom stereocenters. The number of rotatable bonds is 3. The van der Waals surface area contributed by atoms with Gasteiger partial charge in [0.15, 0.2) is 0 Å². The summed E-state index contributed by atoms with van der Waals surface area (Å²) in [6.07, 6.45) is 4.45. The molecule has 1 aromatic heterocycles. The lowest BCUT2D eigenvalue weighted by Gasteiger charge is -2.38. The number of aryl methyl sites for hydroxylation is 1. The number of likely N-dealkylation sites (tertiary alicyclic amines) is 1. The van der Waals surface area contributed by atoms with Crippen LogP contribution in [-0.2, 0) is 14.3 Å². The van der Waals surface area contributed by atoms with Crippen LogP contribution in [0, 0.1) is 18.8 Å². The Hall–Kier alpha value is -1.93. The molecule has 3 aliphatic rings. The van der Waals surface area contributed by atoms with Crippen LogP contribution >= 0.6 is 0 Å². The summed E-state index contributed by atoms with van der Waals surface area (Å²) in [4.78, 5) is 29.8. The van der Waals surface area contributed by atoms with Gasteiger partial charge in [-0.15, -0.1) is 0 Å². The molecule has 154 valence electrons. The SMILES string of the molecule is Cc1cn[nH]c1C1CCN(C(=O)[C@@H]2CNC[C@H](C(=O)N3CCOCC3)C2)CC1. The van der Waals surface area contributed by atoms with Gasteiger partial charge in [-0.3, -0.25) is 14.7 Å².